The van der Waals surface area contributed by atoms with E-state index in [9.17, 15) is 0 Å². The van der Waals surface area contributed by atoms with Crippen molar-refractivity contribution in [1.82, 2.24) is 0 Å². The third-order valence-electron chi connectivity index (χ3n) is 13.6. The van der Waals surface area contributed by atoms with Gasteiger partial charge < -0.3 is 0 Å². The molecule has 75 heavy (non-hydrogen) atoms. The van der Waals surface area contributed by atoms with Crippen molar-refractivity contribution in [1.29, 1.82) is 0 Å². The summed E-state index contributed by atoms with van der Waals surface area (Å²) in [4.78, 5) is 7.83. The van der Waals surface area contributed by atoms with Crippen molar-refractivity contribution in [3.05, 3.63) is 327 Å². The predicted molar refractivity (Wildman–Crippen MR) is 323 cm³/mol. The summed E-state index contributed by atoms with van der Waals surface area (Å²) in [5, 5.41) is 7.52. The number of rotatable bonds is 9. The van der Waals surface area contributed by atoms with Crippen LogP contribution in [0, 0.1) is 6.92 Å². The second-order valence-electron chi connectivity index (χ2n) is 18.4. The van der Waals surface area contributed by atoms with Crippen LogP contribution in [-0.4, -0.2) is 0 Å². The monoisotopic (exact) mass is 996 g/mol. The van der Waals surface area contributed by atoms with E-state index in [1.54, 1.807) is 11.8 Å². The van der Waals surface area contributed by atoms with Crippen LogP contribution in [0.2, 0.25) is 0 Å². The Kier molecular flexibility index (Phi) is 14.9. The highest BCUT2D eigenvalue weighted by atomic mass is 32.3. The molecule has 0 saturated heterocycles. The molecule has 2 heteroatoms. The minimum atomic E-state index is -1.91. The Hall–Kier alpha value is -8.66. The summed E-state index contributed by atoms with van der Waals surface area (Å²) in [6, 6.07) is 116. The molecule has 0 saturated carbocycles. The van der Waals surface area contributed by atoms with E-state index in [1.165, 1.54) is 101 Å². The molecule has 0 aliphatic heterocycles. The second kappa shape index (κ2) is 23.0. The lowest BCUT2D eigenvalue weighted by Gasteiger charge is -2.42. The van der Waals surface area contributed by atoms with Gasteiger partial charge in [0.15, 0.2) is 0 Å². The van der Waals surface area contributed by atoms with Crippen LogP contribution in [0.4, 0.5) is 0 Å². The molecular weight excluding hydrogens is 941 g/mol. The molecule has 13 rings (SSSR count). The van der Waals surface area contributed by atoms with Gasteiger partial charge in [0.1, 0.15) is 0 Å². The molecular formula is C73H56S2. The topological polar surface area (TPSA) is 0 Å². The van der Waals surface area contributed by atoms with Crippen LogP contribution < -0.4 is 0 Å². The average molecular weight is 997 g/mol. The van der Waals surface area contributed by atoms with E-state index in [2.05, 4.69) is 298 Å². The zero-order valence-corrected chi connectivity index (χ0v) is 43.5. The lowest BCUT2D eigenvalue weighted by atomic mass is 9.84. The zero-order valence-electron chi connectivity index (χ0n) is 41.9. The van der Waals surface area contributed by atoms with Gasteiger partial charge in [-0.15, -0.1) is 10.0 Å². The maximum Gasteiger partial charge on any atom is 0.0122 e. The standard InChI is InChI=1S/C54H38S.C12H10S.C7H8/c1-5-18-39(19-6-1)40-32-34-42(35-33-40)53-49-29-15-16-30-50(49)54(48-31-17-21-41-20-13-14-28-47(41)48)52-38-46(36-37-51(52)53)55(43-22-7-2-8-23-43,44-24-9-3-10-25-44)45-26-11-4-12-27-45;1-3-7-11(8-4-1)13-12-9-5-2-6-10-12;1-7-5-3-2-4-6-7/h1-38H;1-10H;2-6H,1H3. The molecule has 0 fully saturated rings. The number of hydrogen-bond acceptors (Lipinski definition) is 1. The molecule has 0 N–H and O–H groups in total. The summed E-state index contributed by atoms with van der Waals surface area (Å²) in [7, 11) is -1.91. The lowest BCUT2D eigenvalue weighted by molar-refractivity contribution is 1.25. The Labute approximate surface area is 448 Å². The van der Waals surface area contributed by atoms with Crippen molar-refractivity contribution in [3.8, 4) is 33.4 Å². The molecule has 0 aliphatic carbocycles. The molecule has 0 atom stereocenters. The maximum absolute atomic E-state index is 2.54. The van der Waals surface area contributed by atoms with Gasteiger partial charge in [-0.1, -0.05) is 266 Å². The number of benzene rings is 13. The van der Waals surface area contributed by atoms with Crippen molar-refractivity contribution in [2.45, 2.75) is 36.3 Å². The van der Waals surface area contributed by atoms with Crippen LogP contribution in [0.5, 0.6) is 0 Å². The highest BCUT2D eigenvalue weighted by Crippen LogP contribution is 2.73. The van der Waals surface area contributed by atoms with Crippen LogP contribution in [0.1, 0.15) is 5.56 Å². The third kappa shape index (κ3) is 10.5. The van der Waals surface area contributed by atoms with Crippen molar-refractivity contribution in [2.75, 3.05) is 0 Å². The summed E-state index contributed by atoms with van der Waals surface area (Å²) in [6.07, 6.45) is 0. The van der Waals surface area contributed by atoms with Crippen LogP contribution in [0.15, 0.2) is 351 Å². The fourth-order valence-corrected chi connectivity index (χ4v) is 14.9. The van der Waals surface area contributed by atoms with E-state index >= 15 is 0 Å². The molecule has 13 aromatic rings. The fraction of sp³-hybridized carbons (Fsp3) is 0.0137. The van der Waals surface area contributed by atoms with Crippen LogP contribution >= 0.6 is 21.8 Å². The summed E-state index contributed by atoms with van der Waals surface area (Å²) in [5.41, 5.74) is 8.77. The van der Waals surface area contributed by atoms with Gasteiger partial charge in [0.25, 0.3) is 0 Å². The molecule has 360 valence electrons. The molecule has 0 nitrogen and oxygen atoms in total. The second-order valence-corrected chi connectivity index (χ2v) is 22.7. The van der Waals surface area contributed by atoms with Crippen molar-refractivity contribution < 1.29 is 0 Å². The first-order valence-corrected chi connectivity index (χ1v) is 28.0. The van der Waals surface area contributed by atoms with E-state index in [0.29, 0.717) is 0 Å². The van der Waals surface area contributed by atoms with Crippen LogP contribution in [0.3, 0.4) is 0 Å². The summed E-state index contributed by atoms with van der Waals surface area (Å²) in [5.74, 6) is 0. The minimum Gasteiger partial charge on any atom is -0.133 e. The Balaban J connectivity index is 0.000000250. The Morgan fingerprint density at radius 2 is 0.640 bits per heavy atom. The minimum absolute atomic E-state index is 1.21. The molecule has 0 unspecified atom stereocenters. The Bertz CT molecular complexity index is 3780. The molecule has 0 bridgehead atoms. The van der Waals surface area contributed by atoms with Gasteiger partial charge in [0.2, 0.25) is 0 Å². The number of hydrogen-bond donors (Lipinski definition) is 0. The molecule has 0 heterocycles. The average Bonchev–Trinajstić information content (AvgIpc) is 3.52. The predicted octanol–water partition coefficient (Wildman–Crippen LogP) is 21.3. The molecule has 0 amide bonds. The third-order valence-corrected chi connectivity index (χ3v) is 18.6. The number of fused-ring (bicyclic) bond motifs is 3. The normalized spacial score (nSPS) is 11.3. The quantitative estimate of drug-likeness (QED) is 0.130. The van der Waals surface area contributed by atoms with Gasteiger partial charge in [0.05, 0.1) is 0 Å². The van der Waals surface area contributed by atoms with Gasteiger partial charge in [-0.2, -0.15) is 0 Å². The molecule has 0 radical (unpaired) electrons. The first-order chi connectivity index (χ1) is 37.1. The van der Waals surface area contributed by atoms with Crippen LogP contribution in [0.25, 0.3) is 65.7 Å². The molecule has 0 spiro atoms. The Morgan fingerprint density at radius 3 is 1.15 bits per heavy atom. The molecule has 0 aromatic heterocycles. The molecule has 0 aliphatic rings. The van der Waals surface area contributed by atoms with Gasteiger partial charge in [0, 0.05) is 29.4 Å². The van der Waals surface area contributed by atoms with E-state index in [-0.39, 0.29) is 0 Å². The summed E-state index contributed by atoms with van der Waals surface area (Å²) in [6.45, 7) is 2.08. The van der Waals surface area contributed by atoms with Crippen molar-refractivity contribution in [3.63, 3.8) is 0 Å². The fourth-order valence-electron chi connectivity index (χ4n) is 10.2. The van der Waals surface area contributed by atoms with Gasteiger partial charge in [-0.05, 0) is 145 Å². The van der Waals surface area contributed by atoms with E-state index < -0.39 is 10.0 Å². The number of aryl methyl sites for hydroxylation is 1. The highest BCUT2D eigenvalue weighted by molar-refractivity contribution is 8.34. The largest absolute Gasteiger partial charge is 0.133 e. The highest BCUT2D eigenvalue weighted by Gasteiger charge is 2.34. The van der Waals surface area contributed by atoms with Gasteiger partial charge in [-0.3, -0.25) is 0 Å². The first-order valence-electron chi connectivity index (χ1n) is 25.6. The summed E-state index contributed by atoms with van der Waals surface area (Å²) >= 11 is 1.79. The van der Waals surface area contributed by atoms with Crippen LogP contribution in [-0.2, 0) is 0 Å². The molecule has 13 aromatic carbocycles. The maximum atomic E-state index is 2.54. The van der Waals surface area contributed by atoms with E-state index in [1.807, 2.05) is 30.3 Å². The first kappa shape index (κ1) is 48.6. The van der Waals surface area contributed by atoms with E-state index in [0.717, 1.165) is 0 Å². The Morgan fingerprint density at radius 1 is 0.253 bits per heavy atom. The summed E-state index contributed by atoms with van der Waals surface area (Å²) < 4.78 is 0. The van der Waals surface area contributed by atoms with Crippen molar-refractivity contribution >= 4 is 54.1 Å². The van der Waals surface area contributed by atoms with Gasteiger partial charge >= 0.3 is 0 Å². The van der Waals surface area contributed by atoms with E-state index in [4.69, 9.17) is 0 Å². The smallest absolute Gasteiger partial charge is 0.0122 e. The zero-order chi connectivity index (χ0) is 50.7. The van der Waals surface area contributed by atoms with Gasteiger partial charge in [-0.25, -0.2) is 0 Å². The lowest BCUT2D eigenvalue weighted by Crippen LogP contribution is -2.05. The van der Waals surface area contributed by atoms with Crippen molar-refractivity contribution in [2.24, 2.45) is 0 Å². The SMILES string of the molecule is Cc1ccccc1.c1ccc(-c2ccc(-c3c4ccccc4c(-c4cccc5ccccc45)c4cc(S(c5ccccc5)(c5ccccc5)c5ccccc5)ccc34)cc2)cc1.c1ccc(Sc2ccccc2)cc1.